The molecule has 5 nitrogen and oxygen atoms in total. The molecule has 0 aliphatic carbocycles. The number of halogens is 1. The third kappa shape index (κ3) is 4.16. The molecule has 0 radical (unpaired) electrons. The Labute approximate surface area is 221 Å². The van der Waals surface area contributed by atoms with Crippen molar-refractivity contribution in [3.05, 3.63) is 124 Å². The van der Waals surface area contributed by atoms with Crippen LogP contribution in [0, 0.1) is 6.92 Å². The fourth-order valence-corrected chi connectivity index (χ4v) is 6.55. The molecule has 5 aromatic rings. The summed E-state index contributed by atoms with van der Waals surface area (Å²) in [6.45, 7) is 1.92. The molecule has 2 heterocycles. The summed E-state index contributed by atoms with van der Waals surface area (Å²) in [5.74, 6) is 0.598. The van der Waals surface area contributed by atoms with Gasteiger partial charge in [-0.25, -0.2) is 8.42 Å². The quantitative estimate of drug-likeness (QED) is 0.262. The van der Waals surface area contributed by atoms with Crippen molar-refractivity contribution in [3.63, 3.8) is 0 Å². The second kappa shape index (κ2) is 8.98. The van der Waals surface area contributed by atoms with Crippen LogP contribution >= 0.6 is 11.6 Å². The van der Waals surface area contributed by atoms with E-state index in [1.54, 1.807) is 30.3 Å². The largest absolute Gasteiger partial charge is 0.484 e. The second-order valence-corrected chi connectivity index (χ2v) is 11.5. The van der Waals surface area contributed by atoms with E-state index in [4.69, 9.17) is 16.3 Å². The van der Waals surface area contributed by atoms with Gasteiger partial charge in [-0.3, -0.25) is 4.72 Å². The van der Waals surface area contributed by atoms with Crippen molar-refractivity contribution in [2.75, 3.05) is 4.72 Å². The smallest absolute Gasteiger partial charge is 0.261 e. The Kier molecular flexibility index (Phi) is 5.74. The first-order chi connectivity index (χ1) is 17.8. The van der Waals surface area contributed by atoms with Crippen molar-refractivity contribution < 1.29 is 13.2 Å². The van der Waals surface area contributed by atoms with E-state index in [9.17, 15) is 8.42 Å². The van der Waals surface area contributed by atoms with Crippen LogP contribution in [0.3, 0.4) is 0 Å². The van der Waals surface area contributed by atoms with Gasteiger partial charge < -0.3 is 9.30 Å². The van der Waals surface area contributed by atoms with Crippen LogP contribution in [0.25, 0.3) is 10.9 Å². The second-order valence-electron chi connectivity index (χ2n) is 9.43. The molecule has 0 saturated heterocycles. The highest BCUT2D eigenvalue weighted by molar-refractivity contribution is 7.92. The lowest BCUT2D eigenvalue weighted by Gasteiger charge is -2.20. The lowest BCUT2D eigenvalue weighted by atomic mass is 9.85. The molecule has 7 heteroatoms. The molecule has 0 bridgehead atoms. The van der Waals surface area contributed by atoms with E-state index in [-0.39, 0.29) is 16.9 Å². The summed E-state index contributed by atoms with van der Waals surface area (Å²) in [6, 6.07) is 28.3. The van der Waals surface area contributed by atoms with Gasteiger partial charge in [0, 0.05) is 35.4 Å². The Morgan fingerprint density at radius 1 is 0.892 bits per heavy atom. The molecular weight excluding hydrogens is 504 g/mol. The lowest BCUT2D eigenvalue weighted by Crippen LogP contribution is -2.13. The number of rotatable bonds is 5. The monoisotopic (exact) mass is 528 g/mol. The number of aromatic nitrogens is 1. The standard InChI is InChI=1S/C30H25ClN2O3S/c1-19-11-14-22(15-12-19)37(34,35)32-21-13-16-27-24(17-21)28(20-7-4-3-5-8-20)30(36-27)25-18-33(2)29-23(25)9-6-10-26(29)31/h3-18,28,30,32H,1-2H3/t28-,30+/m0/s1. The van der Waals surface area contributed by atoms with E-state index < -0.39 is 10.0 Å². The predicted octanol–water partition coefficient (Wildman–Crippen LogP) is 7.21. The minimum Gasteiger partial charge on any atom is -0.484 e. The summed E-state index contributed by atoms with van der Waals surface area (Å²) in [4.78, 5) is 0.222. The average Bonchev–Trinajstić information content (AvgIpc) is 3.42. The van der Waals surface area contributed by atoms with Crippen molar-refractivity contribution in [2.24, 2.45) is 7.05 Å². The van der Waals surface area contributed by atoms with Gasteiger partial charge >= 0.3 is 0 Å². The zero-order valence-corrected chi connectivity index (χ0v) is 21.9. The van der Waals surface area contributed by atoms with E-state index in [0.29, 0.717) is 10.7 Å². The highest BCUT2D eigenvalue weighted by Gasteiger charge is 2.38. The summed E-state index contributed by atoms with van der Waals surface area (Å²) in [6.07, 6.45) is 1.77. The summed E-state index contributed by atoms with van der Waals surface area (Å²) >= 11 is 6.54. The molecule has 6 rings (SSSR count). The van der Waals surface area contributed by atoms with Crippen LogP contribution in [-0.4, -0.2) is 13.0 Å². The van der Waals surface area contributed by atoms with Crippen LogP contribution in [0.4, 0.5) is 5.69 Å². The fourth-order valence-electron chi connectivity index (χ4n) is 5.20. The van der Waals surface area contributed by atoms with E-state index in [0.717, 1.165) is 38.9 Å². The third-order valence-corrected chi connectivity index (χ3v) is 8.64. The Bertz CT molecular complexity index is 1730. The number of fused-ring (bicyclic) bond motifs is 2. The first-order valence-electron chi connectivity index (χ1n) is 12.0. The van der Waals surface area contributed by atoms with Crippen LogP contribution in [0.5, 0.6) is 5.75 Å². The maximum absolute atomic E-state index is 13.1. The van der Waals surface area contributed by atoms with Crippen molar-refractivity contribution >= 4 is 38.2 Å². The highest BCUT2D eigenvalue weighted by atomic mass is 35.5. The van der Waals surface area contributed by atoms with Crippen LogP contribution < -0.4 is 9.46 Å². The molecule has 1 N–H and O–H groups in total. The lowest BCUT2D eigenvalue weighted by molar-refractivity contribution is 0.224. The number of hydrogen-bond acceptors (Lipinski definition) is 3. The van der Waals surface area contributed by atoms with Gasteiger partial charge in [0.05, 0.1) is 21.4 Å². The number of nitrogens with zero attached hydrogens (tertiary/aromatic N) is 1. The fraction of sp³-hybridized carbons (Fsp3) is 0.133. The van der Waals surface area contributed by atoms with E-state index in [1.165, 1.54) is 0 Å². The van der Waals surface area contributed by atoms with Crippen LogP contribution in [0.1, 0.15) is 34.3 Å². The van der Waals surface area contributed by atoms with Gasteiger partial charge in [-0.2, -0.15) is 0 Å². The zero-order chi connectivity index (χ0) is 25.7. The molecule has 4 aromatic carbocycles. The molecule has 1 aliphatic heterocycles. The van der Waals surface area contributed by atoms with E-state index in [1.807, 2.05) is 61.0 Å². The van der Waals surface area contributed by atoms with Gasteiger partial charge in [-0.1, -0.05) is 71.8 Å². The number of ether oxygens (including phenoxy) is 1. The van der Waals surface area contributed by atoms with Crippen LogP contribution in [0.2, 0.25) is 5.02 Å². The molecular formula is C30H25ClN2O3S. The predicted molar refractivity (Wildman–Crippen MR) is 148 cm³/mol. The van der Waals surface area contributed by atoms with Gasteiger partial charge in [0.15, 0.2) is 0 Å². The summed E-state index contributed by atoms with van der Waals surface area (Å²) in [5, 5.41) is 1.72. The zero-order valence-electron chi connectivity index (χ0n) is 20.4. The van der Waals surface area contributed by atoms with Gasteiger partial charge in [-0.15, -0.1) is 0 Å². The first-order valence-corrected chi connectivity index (χ1v) is 13.9. The number of benzene rings is 4. The summed E-state index contributed by atoms with van der Waals surface area (Å²) in [5.41, 5.74) is 5.50. The first kappa shape index (κ1) is 23.6. The molecule has 37 heavy (non-hydrogen) atoms. The van der Waals surface area contributed by atoms with Gasteiger partial charge in [0.1, 0.15) is 11.9 Å². The van der Waals surface area contributed by atoms with Crippen molar-refractivity contribution in [1.29, 1.82) is 0 Å². The Balaban J connectivity index is 1.44. The van der Waals surface area contributed by atoms with Crippen molar-refractivity contribution in [3.8, 4) is 5.75 Å². The molecule has 2 atom stereocenters. The topological polar surface area (TPSA) is 60.3 Å². The number of anilines is 1. The maximum Gasteiger partial charge on any atom is 0.261 e. The number of sulfonamides is 1. The Hall–Kier alpha value is -3.74. The molecule has 0 amide bonds. The molecule has 186 valence electrons. The molecule has 1 aliphatic rings. The molecule has 0 fully saturated rings. The Morgan fingerprint density at radius 2 is 1.65 bits per heavy atom. The Morgan fingerprint density at radius 3 is 2.41 bits per heavy atom. The van der Waals surface area contributed by atoms with Gasteiger partial charge in [-0.05, 0) is 48.9 Å². The number of hydrogen-bond donors (Lipinski definition) is 1. The molecule has 1 aromatic heterocycles. The molecule has 0 saturated carbocycles. The molecule has 0 spiro atoms. The van der Waals surface area contributed by atoms with E-state index in [2.05, 4.69) is 29.1 Å². The van der Waals surface area contributed by atoms with Crippen molar-refractivity contribution in [2.45, 2.75) is 23.8 Å². The minimum atomic E-state index is -3.73. The number of para-hydroxylation sites is 1. The number of aryl methyl sites for hydroxylation is 2. The van der Waals surface area contributed by atoms with Crippen LogP contribution in [0.15, 0.2) is 102 Å². The van der Waals surface area contributed by atoms with Gasteiger partial charge in [0.25, 0.3) is 10.0 Å². The van der Waals surface area contributed by atoms with Crippen molar-refractivity contribution in [1.82, 2.24) is 4.57 Å². The minimum absolute atomic E-state index is 0.135. The van der Waals surface area contributed by atoms with Gasteiger partial charge in [0.2, 0.25) is 0 Å². The average molecular weight is 529 g/mol. The third-order valence-electron chi connectivity index (χ3n) is 6.93. The maximum atomic E-state index is 13.1. The van der Waals surface area contributed by atoms with E-state index >= 15 is 0 Å². The summed E-state index contributed by atoms with van der Waals surface area (Å²) in [7, 11) is -1.75. The molecule has 0 unspecified atom stereocenters. The SMILES string of the molecule is Cc1ccc(S(=O)(=O)Nc2ccc3c(c2)[C@H](c2ccccc2)[C@@H](c2cn(C)c4c(Cl)cccc24)O3)cc1. The normalized spacial score (nSPS) is 16.9. The van der Waals surface area contributed by atoms with Crippen LogP contribution in [-0.2, 0) is 17.1 Å². The highest BCUT2D eigenvalue weighted by Crippen LogP contribution is 2.52. The summed E-state index contributed by atoms with van der Waals surface area (Å²) < 4.78 is 37.5. The number of nitrogens with one attached hydrogen (secondary N) is 1.